The summed E-state index contributed by atoms with van der Waals surface area (Å²) in [5.41, 5.74) is 0.524. The van der Waals surface area contributed by atoms with Crippen molar-refractivity contribution in [3.8, 4) is 0 Å². The minimum Gasteiger partial charge on any atom is -0.369 e. The normalized spacial score (nSPS) is 11.9. The van der Waals surface area contributed by atoms with Crippen molar-refractivity contribution in [3.05, 3.63) is 24.3 Å². The molecule has 6 nitrogen and oxygen atoms in total. The van der Waals surface area contributed by atoms with Gasteiger partial charge in [0.15, 0.2) is 0 Å². The van der Waals surface area contributed by atoms with Gasteiger partial charge in [0.05, 0.1) is 11.0 Å². The molecule has 0 atom stereocenters. The molecule has 0 bridgehead atoms. The largest absolute Gasteiger partial charge is 0.369 e. The molecule has 0 saturated carbocycles. The van der Waals surface area contributed by atoms with Crippen LogP contribution in [0.4, 0.5) is 5.69 Å². The maximum Gasteiger partial charge on any atom is 0.250 e. The second kappa shape index (κ2) is 7.53. The summed E-state index contributed by atoms with van der Waals surface area (Å²) in [6.07, 6.45) is -0.0228. The fourth-order valence-electron chi connectivity index (χ4n) is 1.54. The number of carbonyl (C=O) groups excluding carboxylic acids is 1. The number of hydrogen-bond donors (Lipinski definition) is 2. The van der Waals surface area contributed by atoms with Gasteiger partial charge in [0, 0.05) is 11.7 Å². The molecule has 0 spiro atoms. The molecule has 0 radical (unpaired) electrons. The molecular weight excluding hydrogens is 292 g/mol. The van der Waals surface area contributed by atoms with Crippen molar-refractivity contribution in [1.82, 2.24) is 4.72 Å². The molecule has 0 heterocycles. The standard InChI is InChI=1S/C14H22N2O4S/c1-10(2)16-21(18,19)13-7-5-12(6-8-13)15-14(17)9-20-11(3)4/h5-8,10-11,16H,9H2,1-4H3,(H,15,17). The fourth-order valence-corrected chi connectivity index (χ4v) is 2.79. The highest BCUT2D eigenvalue weighted by Gasteiger charge is 2.15. The molecule has 1 aromatic rings. The fraction of sp³-hybridized carbons (Fsp3) is 0.500. The lowest BCUT2D eigenvalue weighted by Crippen LogP contribution is -2.30. The zero-order valence-corrected chi connectivity index (χ0v) is 13.5. The van der Waals surface area contributed by atoms with Crippen molar-refractivity contribution in [2.24, 2.45) is 0 Å². The molecule has 21 heavy (non-hydrogen) atoms. The first kappa shape index (κ1) is 17.6. The number of benzene rings is 1. The SMILES string of the molecule is CC(C)NS(=O)(=O)c1ccc(NC(=O)COC(C)C)cc1. The van der Waals surface area contributed by atoms with Gasteiger partial charge in [-0.15, -0.1) is 0 Å². The lowest BCUT2D eigenvalue weighted by atomic mass is 10.3. The highest BCUT2D eigenvalue weighted by Crippen LogP contribution is 2.14. The first-order chi connectivity index (χ1) is 9.70. The van der Waals surface area contributed by atoms with E-state index in [9.17, 15) is 13.2 Å². The molecule has 0 saturated heterocycles. The van der Waals surface area contributed by atoms with E-state index in [-0.39, 0.29) is 29.6 Å². The molecule has 0 fully saturated rings. The van der Waals surface area contributed by atoms with E-state index >= 15 is 0 Å². The van der Waals surface area contributed by atoms with E-state index in [1.807, 2.05) is 13.8 Å². The van der Waals surface area contributed by atoms with Gasteiger partial charge in [0.25, 0.3) is 0 Å². The average Bonchev–Trinajstić information content (AvgIpc) is 2.35. The van der Waals surface area contributed by atoms with Crippen LogP contribution in [0.5, 0.6) is 0 Å². The Morgan fingerprint density at radius 3 is 2.19 bits per heavy atom. The molecule has 118 valence electrons. The summed E-state index contributed by atoms with van der Waals surface area (Å²) < 4.78 is 31.5. The predicted molar refractivity (Wildman–Crippen MR) is 81.6 cm³/mol. The van der Waals surface area contributed by atoms with E-state index in [1.165, 1.54) is 12.1 Å². The lowest BCUT2D eigenvalue weighted by Gasteiger charge is -2.11. The molecule has 0 aliphatic heterocycles. The zero-order chi connectivity index (χ0) is 16.0. The third kappa shape index (κ3) is 6.24. The quantitative estimate of drug-likeness (QED) is 0.803. The third-order valence-corrected chi connectivity index (χ3v) is 4.06. The van der Waals surface area contributed by atoms with Gasteiger partial charge >= 0.3 is 0 Å². The van der Waals surface area contributed by atoms with Crippen LogP contribution in [0.1, 0.15) is 27.7 Å². The maximum atomic E-state index is 11.9. The van der Waals surface area contributed by atoms with Crippen LogP contribution in [0.2, 0.25) is 0 Å². The van der Waals surface area contributed by atoms with E-state index in [0.717, 1.165) is 0 Å². The molecule has 1 amide bonds. The topological polar surface area (TPSA) is 84.5 Å². The van der Waals surface area contributed by atoms with Crippen LogP contribution in [-0.2, 0) is 19.6 Å². The summed E-state index contributed by atoms with van der Waals surface area (Å²) in [4.78, 5) is 11.7. The highest BCUT2D eigenvalue weighted by atomic mass is 32.2. The van der Waals surface area contributed by atoms with Gasteiger partial charge in [-0.1, -0.05) is 0 Å². The van der Waals surface area contributed by atoms with Gasteiger partial charge in [0.1, 0.15) is 6.61 Å². The molecule has 0 unspecified atom stereocenters. The molecule has 1 rings (SSSR count). The maximum absolute atomic E-state index is 11.9. The summed E-state index contributed by atoms with van der Waals surface area (Å²) in [7, 11) is -3.51. The van der Waals surface area contributed by atoms with Gasteiger partial charge < -0.3 is 10.1 Å². The van der Waals surface area contributed by atoms with Crippen LogP contribution in [0.25, 0.3) is 0 Å². The molecule has 0 aliphatic carbocycles. The van der Waals surface area contributed by atoms with Crippen molar-refractivity contribution in [1.29, 1.82) is 0 Å². The van der Waals surface area contributed by atoms with E-state index in [1.54, 1.807) is 26.0 Å². The van der Waals surface area contributed by atoms with Gasteiger partial charge in [-0.2, -0.15) is 0 Å². The summed E-state index contributed by atoms with van der Waals surface area (Å²) in [5, 5.41) is 2.64. The molecule has 0 aliphatic rings. The number of ether oxygens (including phenoxy) is 1. The van der Waals surface area contributed by atoms with Crippen molar-refractivity contribution in [2.75, 3.05) is 11.9 Å². The van der Waals surface area contributed by atoms with E-state index < -0.39 is 10.0 Å². The molecule has 1 aromatic carbocycles. The number of rotatable bonds is 7. The Balaban J connectivity index is 2.68. The average molecular weight is 314 g/mol. The van der Waals surface area contributed by atoms with Gasteiger partial charge in [-0.3, -0.25) is 4.79 Å². The molecule has 0 aromatic heterocycles. The third-order valence-electron chi connectivity index (χ3n) is 2.39. The Kier molecular flexibility index (Phi) is 6.32. The van der Waals surface area contributed by atoms with Crippen LogP contribution in [0.3, 0.4) is 0 Å². The Morgan fingerprint density at radius 2 is 1.71 bits per heavy atom. The minimum atomic E-state index is -3.51. The first-order valence-electron chi connectivity index (χ1n) is 6.74. The highest BCUT2D eigenvalue weighted by molar-refractivity contribution is 7.89. The Hall–Kier alpha value is -1.44. The van der Waals surface area contributed by atoms with Crippen LogP contribution >= 0.6 is 0 Å². The minimum absolute atomic E-state index is 0.0228. The van der Waals surface area contributed by atoms with E-state index in [4.69, 9.17) is 4.74 Å². The summed E-state index contributed by atoms with van der Waals surface area (Å²) in [5.74, 6) is -0.278. The number of sulfonamides is 1. The first-order valence-corrected chi connectivity index (χ1v) is 8.23. The molecular formula is C14H22N2O4S. The van der Waals surface area contributed by atoms with Crippen LogP contribution in [0.15, 0.2) is 29.2 Å². The van der Waals surface area contributed by atoms with Crippen molar-refractivity contribution in [3.63, 3.8) is 0 Å². The van der Waals surface area contributed by atoms with Crippen molar-refractivity contribution in [2.45, 2.75) is 44.7 Å². The number of nitrogens with one attached hydrogen (secondary N) is 2. The van der Waals surface area contributed by atoms with Crippen molar-refractivity contribution < 1.29 is 17.9 Å². The Bertz CT molecular complexity index is 565. The second-order valence-corrected chi connectivity index (χ2v) is 6.92. The summed E-state index contributed by atoms with van der Waals surface area (Å²) in [6, 6.07) is 5.81. The van der Waals surface area contributed by atoms with Gasteiger partial charge in [0.2, 0.25) is 15.9 Å². The zero-order valence-electron chi connectivity index (χ0n) is 12.7. The summed E-state index contributed by atoms with van der Waals surface area (Å²) in [6.45, 7) is 7.15. The van der Waals surface area contributed by atoms with Crippen molar-refractivity contribution >= 4 is 21.6 Å². The van der Waals surface area contributed by atoms with Crippen LogP contribution in [0, 0.1) is 0 Å². The number of anilines is 1. The van der Waals surface area contributed by atoms with Crippen LogP contribution in [-0.4, -0.2) is 33.1 Å². The number of hydrogen-bond acceptors (Lipinski definition) is 4. The second-order valence-electron chi connectivity index (χ2n) is 5.21. The van der Waals surface area contributed by atoms with E-state index in [2.05, 4.69) is 10.0 Å². The Morgan fingerprint density at radius 1 is 1.14 bits per heavy atom. The van der Waals surface area contributed by atoms with E-state index in [0.29, 0.717) is 5.69 Å². The van der Waals surface area contributed by atoms with Gasteiger partial charge in [-0.25, -0.2) is 13.1 Å². The Labute approximate surface area is 125 Å². The number of carbonyl (C=O) groups is 1. The monoisotopic (exact) mass is 314 g/mol. The van der Waals surface area contributed by atoms with Crippen LogP contribution < -0.4 is 10.0 Å². The molecule has 2 N–H and O–H groups in total. The van der Waals surface area contributed by atoms with Gasteiger partial charge in [-0.05, 0) is 52.0 Å². The predicted octanol–water partition coefficient (Wildman–Crippen LogP) is 1.74. The smallest absolute Gasteiger partial charge is 0.250 e. The molecule has 7 heteroatoms. The lowest BCUT2D eigenvalue weighted by molar-refractivity contribution is -0.121. The number of amides is 1. The summed E-state index contributed by atoms with van der Waals surface area (Å²) >= 11 is 0.